The van der Waals surface area contributed by atoms with Crippen molar-refractivity contribution in [2.75, 3.05) is 20.8 Å². The monoisotopic (exact) mass is 313 g/mol. The van der Waals surface area contributed by atoms with Gasteiger partial charge < -0.3 is 14.2 Å². The molecule has 5 nitrogen and oxygen atoms in total. The maximum absolute atomic E-state index is 12.3. The zero-order valence-corrected chi connectivity index (χ0v) is 13.4. The van der Waals surface area contributed by atoms with Crippen LogP contribution in [0.1, 0.15) is 22.8 Å². The molecule has 0 spiro atoms. The minimum absolute atomic E-state index is 0.281. The van der Waals surface area contributed by atoms with Gasteiger partial charge in [-0.2, -0.15) is 4.99 Å². The third-order valence-corrected chi connectivity index (χ3v) is 3.14. The molecule has 0 unspecified atom stereocenters. The largest absolute Gasteiger partial charge is 0.497 e. The Morgan fingerprint density at radius 2 is 1.65 bits per heavy atom. The fourth-order valence-corrected chi connectivity index (χ4v) is 1.96. The SMILES string of the molecule is CCOC(=NC(=O)c1cccc(OC)c1)c1ccc(OC)cc1. The molecule has 120 valence electrons. The summed E-state index contributed by atoms with van der Waals surface area (Å²) in [6.07, 6.45) is 0. The van der Waals surface area contributed by atoms with Crippen LogP contribution in [-0.4, -0.2) is 32.6 Å². The lowest BCUT2D eigenvalue weighted by Crippen LogP contribution is -2.10. The number of nitrogens with zero attached hydrogens (tertiary/aromatic N) is 1. The summed E-state index contributed by atoms with van der Waals surface area (Å²) in [5, 5.41) is 0. The third kappa shape index (κ3) is 4.32. The molecule has 0 fully saturated rings. The fourth-order valence-electron chi connectivity index (χ4n) is 1.96. The molecule has 23 heavy (non-hydrogen) atoms. The van der Waals surface area contributed by atoms with Gasteiger partial charge in [0.05, 0.1) is 20.8 Å². The number of aliphatic imine (C=N–C) groups is 1. The van der Waals surface area contributed by atoms with Crippen molar-refractivity contribution in [2.45, 2.75) is 6.92 Å². The van der Waals surface area contributed by atoms with E-state index in [4.69, 9.17) is 14.2 Å². The topological polar surface area (TPSA) is 57.1 Å². The number of ether oxygens (including phenoxy) is 3. The van der Waals surface area contributed by atoms with Crippen LogP contribution in [0.25, 0.3) is 0 Å². The molecule has 2 aromatic rings. The van der Waals surface area contributed by atoms with Gasteiger partial charge in [-0.1, -0.05) is 6.07 Å². The zero-order chi connectivity index (χ0) is 16.7. The van der Waals surface area contributed by atoms with E-state index < -0.39 is 0 Å². The molecule has 0 bridgehead atoms. The van der Waals surface area contributed by atoms with Crippen LogP contribution in [0.5, 0.6) is 11.5 Å². The summed E-state index contributed by atoms with van der Waals surface area (Å²) in [5.41, 5.74) is 1.15. The van der Waals surface area contributed by atoms with E-state index >= 15 is 0 Å². The summed E-state index contributed by atoms with van der Waals surface area (Å²) in [6.45, 7) is 2.26. The molecule has 0 aliphatic heterocycles. The maximum Gasteiger partial charge on any atom is 0.280 e. The summed E-state index contributed by atoms with van der Waals surface area (Å²) >= 11 is 0. The van der Waals surface area contributed by atoms with Crippen LogP contribution in [0.3, 0.4) is 0 Å². The van der Waals surface area contributed by atoms with Gasteiger partial charge in [-0.05, 0) is 49.4 Å². The van der Waals surface area contributed by atoms with Gasteiger partial charge in [0.15, 0.2) is 0 Å². The highest BCUT2D eigenvalue weighted by Crippen LogP contribution is 2.16. The van der Waals surface area contributed by atoms with Crippen LogP contribution >= 0.6 is 0 Å². The number of amides is 1. The summed E-state index contributed by atoms with van der Waals surface area (Å²) in [7, 11) is 3.15. The molecule has 1 amide bonds. The molecule has 0 atom stereocenters. The standard InChI is InChI=1S/C18H19NO4/c1-4-23-18(13-8-10-15(21-2)11-9-13)19-17(20)14-6-5-7-16(12-14)22-3/h5-12H,4H2,1-3H3. The third-order valence-electron chi connectivity index (χ3n) is 3.14. The predicted octanol–water partition coefficient (Wildman–Crippen LogP) is 3.33. The van der Waals surface area contributed by atoms with E-state index in [0.29, 0.717) is 23.5 Å². The highest BCUT2D eigenvalue weighted by atomic mass is 16.5. The molecule has 2 aromatic carbocycles. The number of methoxy groups -OCH3 is 2. The molecule has 0 saturated carbocycles. The van der Waals surface area contributed by atoms with Gasteiger partial charge in [0.1, 0.15) is 11.5 Å². The summed E-state index contributed by atoms with van der Waals surface area (Å²) in [6, 6.07) is 14.0. The second kappa shape index (κ2) is 7.98. The Balaban J connectivity index is 2.30. The first kappa shape index (κ1) is 16.5. The van der Waals surface area contributed by atoms with Gasteiger partial charge >= 0.3 is 0 Å². The molecular weight excluding hydrogens is 294 g/mol. The molecule has 0 aliphatic carbocycles. The Kier molecular flexibility index (Phi) is 5.74. The lowest BCUT2D eigenvalue weighted by molar-refractivity contribution is 0.0999. The van der Waals surface area contributed by atoms with Gasteiger partial charge in [0.2, 0.25) is 5.90 Å². The van der Waals surface area contributed by atoms with Crippen molar-refractivity contribution in [3.05, 3.63) is 59.7 Å². The maximum atomic E-state index is 12.3. The van der Waals surface area contributed by atoms with Crippen LogP contribution in [0.2, 0.25) is 0 Å². The number of hydrogen-bond acceptors (Lipinski definition) is 4. The van der Waals surface area contributed by atoms with E-state index in [2.05, 4.69) is 4.99 Å². The number of carbonyl (C=O) groups is 1. The predicted molar refractivity (Wildman–Crippen MR) is 88.5 cm³/mol. The second-order valence-corrected chi connectivity index (χ2v) is 4.62. The van der Waals surface area contributed by atoms with E-state index in [1.165, 1.54) is 0 Å². The zero-order valence-electron chi connectivity index (χ0n) is 13.4. The Morgan fingerprint density at radius 3 is 2.26 bits per heavy atom. The highest BCUT2D eigenvalue weighted by molar-refractivity contribution is 6.07. The van der Waals surface area contributed by atoms with E-state index in [1.54, 1.807) is 62.8 Å². The molecule has 2 rings (SSSR count). The van der Waals surface area contributed by atoms with Crippen LogP contribution in [-0.2, 0) is 4.74 Å². The molecule has 0 heterocycles. The smallest absolute Gasteiger partial charge is 0.280 e. The number of hydrogen-bond donors (Lipinski definition) is 0. The van der Waals surface area contributed by atoms with E-state index in [1.807, 2.05) is 6.92 Å². The Hall–Kier alpha value is -2.82. The minimum Gasteiger partial charge on any atom is -0.497 e. The van der Waals surface area contributed by atoms with Crippen molar-refractivity contribution in [3.8, 4) is 11.5 Å². The van der Waals surface area contributed by atoms with Crippen molar-refractivity contribution in [1.29, 1.82) is 0 Å². The Morgan fingerprint density at radius 1 is 0.957 bits per heavy atom. The lowest BCUT2D eigenvalue weighted by atomic mass is 10.2. The first-order chi connectivity index (χ1) is 11.2. The molecule has 0 aliphatic rings. The summed E-state index contributed by atoms with van der Waals surface area (Å²) in [5.74, 6) is 1.23. The van der Waals surface area contributed by atoms with Crippen LogP contribution < -0.4 is 9.47 Å². The van der Waals surface area contributed by atoms with Crippen LogP contribution in [0, 0.1) is 0 Å². The van der Waals surface area contributed by atoms with Crippen LogP contribution in [0.4, 0.5) is 0 Å². The van der Waals surface area contributed by atoms with E-state index in [0.717, 1.165) is 5.75 Å². The van der Waals surface area contributed by atoms with Crippen molar-refractivity contribution in [1.82, 2.24) is 0 Å². The molecule has 5 heteroatoms. The van der Waals surface area contributed by atoms with E-state index in [-0.39, 0.29) is 11.8 Å². The molecule has 0 N–H and O–H groups in total. The van der Waals surface area contributed by atoms with Gasteiger partial charge in [0.25, 0.3) is 5.91 Å². The second-order valence-electron chi connectivity index (χ2n) is 4.62. The van der Waals surface area contributed by atoms with Gasteiger partial charge in [0, 0.05) is 11.1 Å². The van der Waals surface area contributed by atoms with Crippen molar-refractivity contribution in [3.63, 3.8) is 0 Å². The average molecular weight is 313 g/mol. The Labute approximate surface area is 135 Å². The summed E-state index contributed by atoms with van der Waals surface area (Å²) in [4.78, 5) is 16.4. The fraction of sp³-hybridized carbons (Fsp3) is 0.222. The number of benzene rings is 2. The van der Waals surface area contributed by atoms with Gasteiger partial charge in [-0.15, -0.1) is 0 Å². The van der Waals surface area contributed by atoms with Gasteiger partial charge in [-0.25, -0.2) is 0 Å². The van der Waals surface area contributed by atoms with Crippen molar-refractivity contribution in [2.24, 2.45) is 4.99 Å². The highest BCUT2D eigenvalue weighted by Gasteiger charge is 2.11. The molecule has 0 aromatic heterocycles. The normalized spacial score (nSPS) is 11.0. The van der Waals surface area contributed by atoms with Crippen molar-refractivity contribution >= 4 is 11.8 Å². The van der Waals surface area contributed by atoms with Gasteiger partial charge in [-0.3, -0.25) is 4.79 Å². The number of carbonyl (C=O) groups excluding carboxylic acids is 1. The quantitative estimate of drug-likeness (QED) is 0.627. The Bertz CT molecular complexity index is 692. The average Bonchev–Trinajstić information content (AvgIpc) is 2.61. The van der Waals surface area contributed by atoms with Crippen molar-refractivity contribution < 1.29 is 19.0 Å². The molecule has 0 saturated heterocycles. The first-order valence-corrected chi connectivity index (χ1v) is 7.22. The lowest BCUT2D eigenvalue weighted by Gasteiger charge is -2.08. The number of rotatable bonds is 5. The van der Waals surface area contributed by atoms with Crippen LogP contribution in [0.15, 0.2) is 53.5 Å². The molecular formula is C18H19NO4. The minimum atomic E-state index is -0.386. The van der Waals surface area contributed by atoms with E-state index in [9.17, 15) is 4.79 Å². The summed E-state index contributed by atoms with van der Waals surface area (Å²) < 4.78 is 15.8. The first-order valence-electron chi connectivity index (χ1n) is 7.22. The molecule has 0 radical (unpaired) electrons.